The lowest BCUT2D eigenvalue weighted by Crippen LogP contribution is -2.25. The van der Waals surface area contributed by atoms with Gasteiger partial charge in [-0.25, -0.2) is 0 Å². The molecule has 2 N–H and O–H groups in total. The van der Waals surface area contributed by atoms with Crippen molar-refractivity contribution < 1.29 is 19.1 Å². The van der Waals surface area contributed by atoms with Crippen LogP contribution >= 0.6 is 34.9 Å². The first-order valence-electron chi connectivity index (χ1n) is 12.2. The number of ether oxygens (including phenoxy) is 2. The van der Waals surface area contributed by atoms with Gasteiger partial charge in [0.2, 0.25) is 11.0 Å². The van der Waals surface area contributed by atoms with Gasteiger partial charge < -0.3 is 14.8 Å². The third-order valence-corrected chi connectivity index (χ3v) is 8.54. The van der Waals surface area contributed by atoms with Crippen LogP contribution in [0.1, 0.15) is 34.2 Å². The maximum absolute atomic E-state index is 12.9. The van der Waals surface area contributed by atoms with Crippen LogP contribution in [0.2, 0.25) is 0 Å². The van der Waals surface area contributed by atoms with Crippen LogP contribution in [0, 0.1) is 13.8 Å². The fraction of sp³-hybridized carbons (Fsp3) is 0.308. The average molecular weight is 600 g/mol. The summed E-state index contributed by atoms with van der Waals surface area (Å²) in [7, 11) is 3.13. The van der Waals surface area contributed by atoms with E-state index >= 15 is 0 Å². The molecule has 4 rings (SSSR count). The highest BCUT2D eigenvalue weighted by molar-refractivity contribution is 8.01. The summed E-state index contributed by atoms with van der Waals surface area (Å²) < 4.78 is 13.6. The van der Waals surface area contributed by atoms with Gasteiger partial charge in [-0.1, -0.05) is 47.9 Å². The second-order valence-corrected chi connectivity index (χ2v) is 11.8. The Labute approximate surface area is 244 Å². The molecule has 2 amide bonds. The lowest BCUT2D eigenvalue weighted by molar-refractivity contribution is -0.113. The third-order valence-electron chi connectivity index (χ3n) is 5.76. The van der Waals surface area contributed by atoms with Crippen LogP contribution in [0.5, 0.6) is 11.5 Å². The monoisotopic (exact) mass is 599 g/mol. The van der Waals surface area contributed by atoms with Gasteiger partial charge in [-0.05, 0) is 55.0 Å². The van der Waals surface area contributed by atoms with Gasteiger partial charge in [0.05, 0.1) is 32.2 Å². The smallest absolute Gasteiger partial charge is 0.251 e. The summed E-state index contributed by atoms with van der Waals surface area (Å²) in [6.45, 7) is 6.08. The number of aromatic nitrogens is 5. The van der Waals surface area contributed by atoms with Gasteiger partial charge >= 0.3 is 0 Å². The number of hydrogen-bond acceptors (Lipinski definition) is 11. The zero-order valence-corrected chi connectivity index (χ0v) is 25.1. The molecule has 2 aromatic heterocycles. The van der Waals surface area contributed by atoms with Crippen LogP contribution in [0.3, 0.4) is 0 Å². The second-order valence-electron chi connectivity index (χ2n) is 8.40. The van der Waals surface area contributed by atoms with Crippen molar-refractivity contribution in [2.24, 2.45) is 0 Å². The van der Waals surface area contributed by atoms with Crippen LogP contribution in [-0.4, -0.2) is 62.5 Å². The maximum atomic E-state index is 12.9. The Hall–Kier alpha value is -3.62. The van der Waals surface area contributed by atoms with Gasteiger partial charge in [0.1, 0.15) is 11.5 Å². The summed E-state index contributed by atoms with van der Waals surface area (Å²) in [6, 6.07) is 10.9. The zero-order valence-electron chi connectivity index (χ0n) is 22.7. The molecule has 11 nitrogen and oxygen atoms in total. The molecule has 0 unspecified atom stereocenters. The molecule has 0 fully saturated rings. The predicted molar refractivity (Wildman–Crippen MR) is 157 cm³/mol. The number of benzene rings is 2. The molecule has 210 valence electrons. The van der Waals surface area contributed by atoms with E-state index in [0.717, 1.165) is 21.2 Å². The molecule has 0 radical (unpaired) electrons. The Morgan fingerprint density at radius 1 is 0.975 bits per heavy atom. The van der Waals surface area contributed by atoms with Gasteiger partial charge in [-0.3, -0.25) is 19.5 Å². The van der Waals surface area contributed by atoms with E-state index in [1.807, 2.05) is 32.9 Å². The fourth-order valence-electron chi connectivity index (χ4n) is 3.59. The van der Waals surface area contributed by atoms with E-state index in [2.05, 4.69) is 31.0 Å². The van der Waals surface area contributed by atoms with E-state index < -0.39 is 0 Å². The van der Waals surface area contributed by atoms with E-state index in [1.165, 1.54) is 23.1 Å². The van der Waals surface area contributed by atoms with Crippen LogP contribution in [0.4, 0.5) is 5.13 Å². The second kappa shape index (κ2) is 13.6. The van der Waals surface area contributed by atoms with Crippen molar-refractivity contribution in [1.82, 2.24) is 30.3 Å². The molecular weight excluding hydrogens is 571 g/mol. The molecule has 0 atom stereocenters. The van der Waals surface area contributed by atoms with Crippen molar-refractivity contribution in [3.63, 3.8) is 0 Å². The number of carbonyl (C=O) groups is 2. The Kier molecular flexibility index (Phi) is 10.0. The fourth-order valence-corrected chi connectivity index (χ4v) is 6.02. The number of nitrogens with zero attached hydrogens (tertiary/aromatic N) is 5. The molecular formula is C26H29N7O4S3. The highest BCUT2D eigenvalue weighted by atomic mass is 32.2. The first-order chi connectivity index (χ1) is 19.3. The number of amides is 2. The molecule has 0 bridgehead atoms. The summed E-state index contributed by atoms with van der Waals surface area (Å²) in [5, 5.41) is 23.3. The first kappa shape index (κ1) is 29.4. The SMILES string of the molecule is CCSc1nnc(NC(=O)CSc2nnc(CNC(=O)c3ccc(C)c(C)c3)n2-c2cc(OC)ccc2OC)s1. The van der Waals surface area contributed by atoms with Gasteiger partial charge in [0, 0.05) is 11.6 Å². The lowest BCUT2D eigenvalue weighted by Gasteiger charge is -2.15. The average Bonchev–Trinajstić information content (AvgIpc) is 3.58. The number of hydrogen-bond donors (Lipinski definition) is 2. The highest BCUT2D eigenvalue weighted by Crippen LogP contribution is 2.32. The van der Waals surface area contributed by atoms with Crippen LogP contribution in [0.25, 0.3) is 5.69 Å². The minimum Gasteiger partial charge on any atom is -0.497 e. The van der Waals surface area contributed by atoms with Crippen molar-refractivity contribution >= 4 is 51.8 Å². The Bertz CT molecular complexity index is 1510. The van der Waals surface area contributed by atoms with Crippen molar-refractivity contribution in [3.8, 4) is 17.2 Å². The largest absolute Gasteiger partial charge is 0.497 e. The highest BCUT2D eigenvalue weighted by Gasteiger charge is 2.21. The van der Waals surface area contributed by atoms with E-state index in [-0.39, 0.29) is 24.1 Å². The van der Waals surface area contributed by atoms with Crippen LogP contribution in [-0.2, 0) is 11.3 Å². The van der Waals surface area contributed by atoms with Gasteiger partial charge in [-0.15, -0.1) is 20.4 Å². The number of carbonyl (C=O) groups excluding carboxylic acids is 2. The third kappa shape index (κ3) is 7.11. The van der Waals surface area contributed by atoms with E-state index in [1.54, 1.807) is 54.8 Å². The summed E-state index contributed by atoms with van der Waals surface area (Å²) >= 11 is 4.08. The minimum atomic E-state index is -0.258. The van der Waals surface area contributed by atoms with E-state index in [4.69, 9.17) is 9.47 Å². The van der Waals surface area contributed by atoms with Crippen molar-refractivity contribution in [2.45, 2.75) is 36.8 Å². The quantitative estimate of drug-likeness (QED) is 0.177. The topological polar surface area (TPSA) is 133 Å². The lowest BCUT2D eigenvalue weighted by atomic mass is 10.1. The van der Waals surface area contributed by atoms with Crippen molar-refractivity contribution in [2.75, 3.05) is 31.0 Å². The number of nitrogens with one attached hydrogen (secondary N) is 2. The predicted octanol–water partition coefficient (Wildman–Crippen LogP) is 4.53. The molecule has 4 aromatic rings. The normalized spacial score (nSPS) is 10.8. The summed E-state index contributed by atoms with van der Waals surface area (Å²) in [4.78, 5) is 25.6. The molecule has 0 saturated heterocycles. The summed E-state index contributed by atoms with van der Waals surface area (Å²) in [5.41, 5.74) is 3.30. The van der Waals surface area contributed by atoms with Gasteiger partial charge in [-0.2, -0.15) is 0 Å². The minimum absolute atomic E-state index is 0.0508. The molecule has 0 aliphatic rings. The molecule has 0 aliphatic carbocycles. The summed E-state index contributed by atoms with van der Waals surface area (Å²) in [5.74, 6) is 2.03. The molecule has 0 spiro atoms. The van der Waals surface area contributed by atoms with Crippen LogP contribution in [0.15, 0.2) is 45.9 Å². The number of thioether (sulfide) groups is 2. The standard InChI is InChI=1S/C26H29N7O4S3/c1-6-38-26-32-30-24(40-26)28-22(34)14-39-25-31-29-21(13-27-23(35)17-8-7-15(2)16(3)11-17)33(25)19-12-18(36-4)9-10-20(19)37-5/h7-12H,6,13-14H2,1-5H3,(H,27,35)(H,28,30,34). The summed E-state index contributed by atoms with van der Waals surface area (Å²) in [6.07, 6.45) is 0. The molecule has 14 heteroatoms. The zero-order chi connectivity index (χ0) is 28.6. The molecule has 0 aliphatic heterocycles. The molecule has 2 heterocycles. The van der Waals surface area contributed by atoms with Gasteiger partial charge in [0.25, 0.3) is 5.91 Å². The number of anilines is 1. The number of aryl methyl sites for hydroxylation is 2. The van der Waals surface area contributed by atoms with E-state index in [0.29, 0.717) is 38.9 Å². The Morgan fingerprint density at radius 3 is 2.52 bits per heavy atom. The van der Waals surface area contributed by atoms with Gasteiger partial charge in [0.15, 0.2) is 15.3 Å². The number of methoxy groups -OCH3 is 2. The number of rotatable bonds is 12. The molecule has 40 heavy (non-hydrogen) atoms. The Balaban J connectivity index is 1.57. The molecule has 0 saturated carbocycles. The Morgan fingerprint density at radius 2 is 1.80 bits per heavy atom. The van der Waals surface area contributed by atoms with Crippen molar-refractivity contribution in [3.05, 3.63) is 58.9 Å². The maximum Gasteiger partial charge on any atom is 0.251 e. The van der Waals surface area contributed by atoms with E-state index in [9.17, 15) is 9.59 Å². The van der Waals surface area contributed by atoms with Crippen molar-refractivity contribution in [1.29, 1.82) is 0 Å². The first-order valence-corrected chi connectivity index (χ1v) is 15.0. The van der Waals surface area contributed by atoms with Crippen LogP contribution < -0.4 is 20.1 Å². The molecule has 2 aromatic carbocycles.